The van der Waals surface area contributed by atoms with Crippen LogP contribution in [0.3, 0.4) is 0 Å². The average molecular weight is 294 g/mol. The highest BCUT2D eigenvalue weighted by atomic mass is 32.2. The van der Waals surface area contributed by atoms with Gasteiger partial charge in [0.25, 0.3) is 0 Å². The molecular weight excluding hydrogens is 272 g/mol. The maximum atomic E-state index is 12.2. The molecule has 1 heterocycles. The van der Waals surface area contributed by atoms with Crippen molar-refractivity contribution in [2.75, 3.05) is 33.0 Å². The summed E-state index contributed by atoms with van der Waals surface area (Å²) in [6, 6.07) is 8.27. The van der Waals surface area contributed by atoms with Crippen LogP contribution in [0.2, 0.25) is 0 Å². The Morgan fingerprint density at radius 3 is 3.15 bits per heavy atom. The maximum Gasteiger partial charge on any atom is 0.232 e. The van der Waals surface area contributed by atoms with E-state index in [1.54, 1.807) is 18.9 Å². The molecule has 4 nitrogen and oxygen atoms in total. The van der Waals surface area contributed by atoms with E-state index in [-0.39, 0.29) is 5.91 Å². The molecule has 1 saturated heterocycles. The van der Waals surface area contributed by atoms with Crippen molar-refractivity contribution in [2.45, 2.75) is 23.8 Å². The fourth-order valence-electron chi connectivity index (χ4n) is 2.37. The van der Waals surface area contributed by atoms with Gasteiger partial charge in [-0.2, -0.15) is 0 Å². The standard InChI is InChI=1S/C15H22N2O2S/c1-16-12-5-4-8-17(10-12)15(18)11-20-14-7-3-6-13(9-14)19-2/h3,6-7,9,12,16H,4-5,8,10-11H2,1-2H3. The van der Waals surface area contributed by atoms with Gasteiger partial charge in [0.1, 0.15) is 5.75 Å². The Morgan fingerprint density at radius 2 is 2.40 bits per heavy atom. The second kappa shape index (κ2) is 7.55. The number of amides is 1. The van der Waals surface area contributed by atoms with Gasteiger partial charge in [-0.05, 0) is 38.1 Å². The van der Waals surface area contributed by atoms with E-state index < -0.39 is 0 Å². The average Bonchev–Trinajstić information content (AvgIpc) is 2.52. The number of benzene rings is 1. The molecule has 1 amide bonds. The van der Waals surface area contributed by atoms with E-state index in [1.165, 1.54) is 0 Å². The maximum absolute atomic E-state index is 12.2. The number of piperidine rings is 1. The largest absolute Gasteiger partial charge is 0.497 e. The van der Waals surface area contributed by atoms with Crippen molar-refractivity contribution in [1.29, 1.82) is 0 Å². The molecule has 0 spiro atoms. The van der Waals surface area contributed by atoms with Gasteiger partial charge >= 0.3 is 0 Å². The summed E-state index contributed by atoms with van der Waals surface area (Å²) >= 11 is 1.57. The molecule has 1 fully saturated rings. The first-order valence-electron chi connectivity index (χ1n) is 6.95. The summed E-state index contributed by atoms with van der Waals surface area (Å²) in [5, 5.41) is 3.26. The second-order valence-corrected chi connectivity index (χ2v) is 5.98. The fraction of sp³-hybridized carbons (Fsp3) is 0.533. The third-order valence-corrected chi connectivity index (χ3v) is 4.56. The predicted octanol–water partition coefficient (Wildman–Crippen LogP) is 2.00. The van der Waals surface area contributed by atoms with Crippen molar-refractivity contribution >= 4 is 17.7 Å². The van der Waals surface area contributed by atoms with Crippen molar-refractivity contribution < 1.29 is 9.53 Å². The van der Waals surface area contributed by atoms with E-state index in [0.717, 1.165) is 36.6 Å². The second-order valence-electron chi connectivity index (χ2n) is 4.94. The number of thioether (sulfide) groups is 1. The highest BCUT2D eigenvalue weighted by Gasteiger charge is 2.22. The third kappa shape index (κ3) is 4.15. The van der Waals surface area contributed by atoms with Gasteiger partial charge in [-0.25, -0.2) is 0 Å². The number of hydrogen-bond donors (Lipinski definition) is 1. The van der Waals surface area contributed by atoms with Crippen molar-refractivity contribution in [1.82, 2.24) is 10.2 Å². The molecule has 1 aliphatic rings. The lowest BCUT2D eigenvalue weighted by Crippen LogP contribution is -2.47. The van der Waals surface area contributed by atoms with Gasteiger partial charge in [-0.3, -0.25) is 4.79 Å². The first-order valence-corrected chi connectivity index (χ1v) is 7.93. The van der Waals surface area contributed by atoms with Gasteiger partial charge in [0.2, 0.25) is 5.91 Å². The monoisotopic (exact) mass is 294 g/mol. The van der Waals surface area contributed by atoms with Crippen LogP contribution in [-0.4, -0.2) is 49.8 Å². The summed E-state index contributed by atoms with van der Waals surface area (Å²) in [6.45, 7) is 1.71. The van der Waals surface area contributed by atoms with Gasteiger partial charge in [0.15, 0.2) is 0 Å². The molecule has 1 atom stereocenters. The minimum Gasteiger partial charge on any atom is -0.497 e. The van der Waals surface area contributed by atoms with E-state index in [2.05, 4.69) is 5.32 Å². The SMILES string of the molecule is CNC1CCCN(C(=O)CSc2cccc(OC)c2)C1. The molecule has 0 aliphatic carbocycles. The van der Waals surface area contributed by atoms with E-state index >= 15 is 0 Å². The Balaban J connectivity index is 1.85. The molecule has 5 heteroatoms. The molecule has 20 heavy (non-hydrogen) atoms. The molecule has 0 bridgehead atoms. The Morgan fingerprint density at radius 1 is 1.55 bits per heavy atom. The lowest BCUT2D eigenvalue weighted by atomic mass is 10.1. The zero-order valence-electron chi connectivity index (χ0n) is 12.1. The van der Waals surface area contributed by atoms with Crippen LogP contribution in [0.1, 0.15) is 12.8 Å². The minimum absolute atomic E-state index is 0.220. The van der Waals surface area contributed by atoms with Gasteiger partial charge in [-0.15, -0.1) is 11.8 Å². The molecule has 110 valence electrons. The van der Waals surface area contributed by atoms with E-state index in [0.29, 0.717) is 11.8 Å². The van der Waals surface area contributed by atoms with Crippen LogP contribution in [0, 0.1) is 0 Å². The summed E-state index contributed by atoms with van der Waals surface area (Å²) in [5.41, 5.74) is 0. The molecule has 1 aromatic rings. The number of nitrogens with zero attached hydrogens (tertiary/aromatic N) is 1. The molecule has 0 radical (unpaired) electrons. The van der Waals surface area contributed by atoms with Crippen molar-refractivity contribution in [3.8, 4) is 5.75 Å². The van der Waals surface area contributed by atoms with Gasteiger partial charge < -0.3 is 15.0 Å². The normalized spacial score (nSPS) is 18.9. The summed E-state index contributed by atoms with van der Waals surface area (Å²) in [6.07, 6.45) is 2.24. The molecule has 1 aliphatic heterocycles. The summed E-state index contributed by atoms with van der Waals surface area (Å²) in [4.78, 5) is 15.3. The molecule has 1 aromatic carbocycles. The van der Waals surface area contributed by atoms with Crippen LogP contribution in [-0.2, 0) is 4.79 Å². The molecular formula is C15H22N2O2S. The Hall–Kier alpha value is -1.20. The summed E-state index contributed by atoms with van der Waals surface area (Å²) in [7, 11) is 3.62. The number of likely N-dealkylation sites (tertiary alicyclic amines) is 1. The van der Waals surface area contributed by atoms with Crippen LogP contribution < -0.4 is 10.1 Å². The lowest BCUT2D eigenvalue weighted by Gasteiger charge is -2.32. The Bertz CT molecular complexity index is 453. The van der Waals surface area contributed by atoms with Crippen LogP contribution >= 0.6 is 11.8 Å². The van der Waals surface area contributed by atoms with E-state index in [1.807, 2.05) is 36.2 Å². The van der Waals surface area contributed by atoms with Gasteiger partial charge in [-0.1, -0.05) is 6.07 Å². The first-order chi connectivity index (χ1) is 9.72. The smallest absolute Gasteiger partial charge is 0.232 e. The highest BCUT2D eigenvalue weighted by molar-refractivity contribution is 8.00. The molecule has 1 unspecified atom stereocenters. The number of likely N-dealkylation sites (N-methyl/N-ethyl adjacent to an activating group) is 1. The minimum atomic E-state index is 0.220. The number of carbonyl (C=O) groups excluding carboxylic acids is 1. The number of rotatable bonds is 5. The molecule has 1 N–H and O–H groups in total. The molecule has 0 aromatic heterocycles. The highest BCUT2D eigenvalue weighted by Crippen LogP contribution is 2.23. The zero-order chi connectivity index (χ0) is 14.4. The van der Waals surface area contributed by atoms with Crippen LogP contribution in [0.4, 0.5) is 0 Å². The molecule has 2 rings (SSSR count). The van der Waals surface area contributed by atoms with Gasteiger partial charge in [0, 0.05) is 24.0 Å². The zero-order valence-corrected chi connectivity index (χ0v) is 12.9. The van der Waals surface area contributed by atoms with Crippen molar-refractivity contribution in [3.63, 3.8) is 0 Å². The van der Waals surface area contributed by atoms with E-state index in [4.69, 9.17) is 4.74 Å². The van der Waals surface area contributed by atoms with Crippen molar-refractivity contribution in [2.24, 2.45) is 0 Å². The fourth-order valence-corrected chi connectivity index (χ4v) is 3.21. The third-order valence-electron chi connectivity index (χ3n) is 3.59. The first kappa shape index (κ1) is 15.2. The van der Waals surface area contributed by atoms with E-state index in [9.17, 15) is 4.79 Å². The summed E-state index contributed by atoms with van der Waals surface area (Å²) in [5.74, 6) is 1.54. The number of nitrogens with one attached hydrogen (secondary N) is 1. The topological polar surface area (TPSA) is 41.6 Å². The predicted molar refractivity (Wildman–Crippen MR) is 82.4 cm³/mol. The number of methoxy groups -OCH3 is 1. The van der Waals surface area contributed by atoms with Crippen LogP contribution in [0.5, 0.6) is 5.75 Å². The quantitative estimate of drug-likeness (QED) is 0.843. The van der Waals surface area contributed by atoms with Crippen molar-refractivity contribution in [3.05, 3.63) is 24.3 Å². The van der Waals surface area contributed by atoms with Gasteiger partial charge in [0.05, 0.1) is 12.9 Å². The Labute approximate surface area is 124 Å². The number of carbonyl (C=O) groups is 1. The molecule has 0 saturated carbocycles. The number of ether oxygens (including phenoxy) is 1. The lowest BCUT2D eigenvalue weighted by molar-refractivity contribution is -0.129. The Kier molecular flexibility index (Phi) is 5.73. The summed E-state index contributed by atoms with van der Waals surface area (Å²) < 4.78 is 5.19. The number of hydrogen-bond acceptors (Lipinski definition) is 4. The van der Waals surface area contributed by atoms with Crippen LogP contribution in [0.15, 0.2) is 29.2 Å². The van der Waals surface area contributed by atoms with Crippen LogP contribution in [0.25, 0.3) is 0 Å².